The van der Waals surface area contributed by atoms with E-state index in [1.807, 2.05) is 18.2 Å². The Kier molecular flexibility index (Phi) is 3.07. The maximum absolute atomic E-state index is 9.97. The molecule has 3 heterocycles. The van der Waals surface area contributed by atoms with Gasteiger partial charge in [-0.1, -0.05) is 18.7 Å². The van der Waals surface area contributed by atoms with Crippen molar-refractivity contribution in [3.8, 4) is 5.75 Å². The van der Waals surface area contributed by atoms with E-state index < -0.39 is 7.12 Å². The number of rotatable bonds is 1. The van der Waals surface area contributed by atoms with Crippen LogP contribution in [0.2, 0.25) is 5.82 Å². The van der Waals surface area contributed by atoms with Crippen LogP contribution >= 0.6 is 0 Å². The zero-order valence-electron chi connectivity index (χ0n) is 11.7. The highest BCUT2D eigenvalue weighted by molar-refractivity contribution is 6.52. The molecule has 0 aromatic carbocycles. The van der Waals surface area contributed by atoms with Gasteiger partial charge in [-0.05, 0) is 36.4 Å². The van der Waals surface area contributed by atoms with Crippen molar-refractivity contribution in [3.63, 3.8) is 0 Å². The lowest BCUT2D eigenvalue weighted by Gasteiger charge is -2.31. The lowest BCUT2D eigenvalue weighted by molar-refractivity contribution is 0.411. The molecule has 6 heteroatoms. The molecule has 0 amide bonds. The van der Waals surface area contributed by atoms with Gasteiger partial charge in [0.25, 0.3) is 0 Å². The van der Waals surface area contributed by atoms with E-state index in [1.54, 1.807) is 6.20 Å². The summed E-state index contributed by atoms with van der Waals surface area (Å²) < 4.78 is 5.53. The Hall–Kier alpha value is -1.68. The van der Waals surface area contributed by atoms with Crippen molar-refractivity contribution in [2.24, 2.45) is 5.92 Å². The number of H-pyrrole nitrogens is 1. The Morgan fingerprint density at radius 3 is 2.95 bits per heavy atom. The third-order valence-corrected chi connectivity index (χ3v) is 4.62. The van der Waals surface area contributed by atoms with Crippen LogP contribution < -0.4 is 4.65 Å². The molecule has 0 spiro atoms. The SMILES string of the molecule is [B]C1CCC(C2=CB(O)Oc3cnc4[nH]ccc4c32)CC1. The van der Waals surface area contributed by atoms with Gasteiger partial charge in [-0.2, -0.15) is 0 Å². The van der Waals surface area contributed by atoms with Crippen molar-refractivity contribution in [1.82, 2.24) is 9.97 Å². The zero-order chi connectivity index (χ0) is 14.4. The van der Waals surface area contributed by atoms with Crippen molar-refractivity contribution in [3.05, 3.63) is 30.0 Å². The smallest absolute Gasteiger partial charge is 0.531 e. The Bertz CT molecular complexity index is 705. The largest absolute Gasteiger partial charge is 0.552 e. The summed E-state index contributed by atoms with van der Waals surface area (Å²) in [6.45, 7) is 0. The minimum absolute atomic E-state index is 0.316. The molecule has 1 fully saturated rings. The maximum atomic E-state index is 9.97. The van der Waals surface area contributed by atoms with Gasteiger partial charge in [-0.25, -0.2) is 4.98 Å². The van der Waals surface area contributed by atoms with Crippen LogP contribution in [0.25, 0.3) is 16.6 Å². The maximum Gasteiger partial charge on any atom is 0.552 e. The number of hydrogen-bond acceptors (Lipinski definition) is 3. The first-order chi connectivity index (χ1) is 10.2. The number of fused-ring (bicyclic) bond motifs is 3. The second-order valence-electron chi connectivity index (χ2n) is 5.98. The highest BCUT2D eigenvalue weighted by Crippen LogP contribution is 2.45. The summed E-state index contributed by atoms with van der Waals surface area (Å²) in [5, 5.41) is 11.0. The van der Waals surface area contributed by atoms with E-state index in [0.717, 1.165) is 42.3 Å². The average Bonchev–Trinajstić information content (AvgIpc) is 2.95. The third kappa shape index (κ3) is 2.18. The van der Waals surface area contributed by atoms with Crippen molar-refractivity contribution in [1.29, 1.82) is 0 Å². The molecular formula is C15H16B2N2O2. The van der Waals surface area contributed by atoms with Crippen LogP contribution in [0.3, 0.4) is 0 Å². The Balaban J connectivity index is 1.82. The molecule has 104 valence electrons. The number of nitrogens with one attached hydrogen (secondary N) is 1. The normalized spacial score (nSPS) is 25.4. The standard InChI is InChI=1S/C15H16B2N2O2/c16-10-3-1-9(2-4-10)12-7-17(20)21-13-8-19-15-11(14(12)13)5-6-18-15/h5-10,20H,1-4H2,(H,18,19). The van der Waals surface area contributed by atoms with Gasteiger partial charge in [-0.15, -0.1) is 0 Å². The molecule has 2 radical (unpaired) electrons. The van der Waals surface area contributed by atoms with E-state index in [-0.39, 0.29) is 0 Å². The van der Waals surface area contributed by atoms with Crippen LogP contribution in [0, 0.1) is 5.92 Å². The first-order valence-electron chi connectivity index (χ1n) is 7.51. The quantitative estimate of drug-likeness (QED) is 0.788. The predicted molar refractivity (Wildman–Crippen MR) is 84.1 cm³/mol. The van der Waals surface area contributed by atoms with E-state index in [9.17, 15) is 5.02 Å². The molecule has 0 atom stereocenters. The number of nitrogens with zero attached hydrogens (tertiary/aromatic N) is 1. The predicted octanol–water partition coefficient (Wildman–Crippen LogP) is 2.51. The second-order valence-corrected chi connectivity index (χ2v) is 5.98. The van der Waals surface area contributed by atoms with E-state index in [2.05, 4.69) is 9.97 Å². The zero-order valence-corrected chi connectivity index (χ0v) is 11.7. The minimum atomic E-state index is -0.888. The molecule has 4 rings (SSSR count). The molecule has 2 aromatic heterocycles. The van der Waals surface area contributed by atoms with Gasteiger partial charge in [0.15, 0.2) is 0 Å². The summed E-state index contributed by atoms with van der Waals surface area (Å²) >= 11 is 0. The van der Waals surface area contributed by atoms with Crippen molar-refractivity contribution in [2.45, 2.75) is 31.5 Å². The van der Waals surface area contributed by atoms with Gasteiger partial charge in [0.05, 0.1) is 14.0 Å². The van der Waals surface area contributed by atoms with Crippen molar-refractivity contribution in [2.75, 3.05) is 0 Å². The molecule has 1 saturated carbocycles. The van der Waals surface area contributed by atoms with Crippen molar-refractivity contribution < 1.29 is 9.68 Å². The second kappa shape index (κ2) is 4.95. The Morgan fingerprint density at radius 1 is 1.33 bits per heavy atom. The number of hydrogen-bond donors (Lipinski definition) is 2. The van der Waals surface area contributed by atoms with Gasteiger partial charge in [-0.3, -0.25) is 0 Å². The molecule has 4 nitrogen and oxygen atoms in total. The van der Waals surface area contributed by atoms with Gasteiger partial charge >= 0.3 is 7.12 Å². The first kappa shape index (κ1) is 13.0. The summed E-state index contributed by atoms with van der Waals surface area (Å²) in [5.74, 6) is 3.26. The van der Waals surface area contributed by atoms with E-state index in [4.69, 9.17) is 12.5 Å². The molecule has 21 heavy (non-hydrogen) atoms. The van der Waals surface area contributed by atoms with Gasteiger partial charge in [0, 0.05) is 17.1 Å². The lowest BCUT2D eigenvalue weighted by atomic mass is 9.67. The van der Waals surface area contributed by atoms with E-state index >= 15 is 0 Å². The van der Waals surface area contributed by atoms with Crippen LogP contribution in [0.15, 0.2) is 24.4 Å². The molecule has 1 aliphatic heterocycles. The molecule has 1 aliphatic carbocycles. The fourth-order valence-electron chi connectivity index (χ4n) is 3.55. The summed E-state index contributed by atoms with van der Waals surface area (Å²) in [7, 11) is 5.13. The summed E-state index contributed by atoms with van der Waals surface area (Å²) in [5.41, 5.74) is 3.11. The van der Waals surface area contributed by atoms with Crippen LogP contribution in [-0.2, 0) is 0 Å². The minimum Gasteiger partial charge on any atom is -0.531 e. The molecule has 2 N–H and O–H groups in total. The molecule has 0 saturated heterocycles. The van der Waals surface area contributed by atoms with Gasteiger partial charge < -0.3 is 14.7 Å². The van der Waals surface area contributed by atoms with Gasteiger partial charge in [0.1, 0.15) is 11.4 Å². The number of aromatic nitrogens is 2. The summed E-state index contributed by atoms with van der Waals surface area (Å²) in [4.78, 5) is 7.48. The molecule has 2 aromatic rings. The monoisotopic (exact) mass is 278 g/mol. The molecule has 0 bridgehead atoms. The summed E-state index contributed by atoms with van der Waals surface area (Å²) in [6.07, 6.45) is 7.78. The van der Waals surface area contributed by atoms with Crippen LogP contribution in [0.5, 0.6) is 5.75 Å². The van der Waals surface area contributed by atoms with E-state index in [0.29, 0.717) is 17.5 Å². The van der Waals surface area contributed by atoms with Crippen LogP contribution in [-0.4, -0.2) is 30.0 Å². The first-order valence-corrected chi connectivity index (χ1v) is 7.51. The number of allylic oxidation sites excluding steroid dienone is 1. The fourth-order valence-corrected chi connectivity index (χ4v) is 3.55. The van der Waals surface area contributed by atoms with Crippen LogP contribution in [0.1, 0.15) is 31.2 Å². The lowest BCUT2D eigenvalue weighted by Crippen LogP contribution is -2.26. The highest BCUT2D eigenvalue weighted by atomic mass is 16.5. The third-order valence-electron chi connectivity index (χ3n) is 4.62. The molecule has 0 unspecified atom stereocenters. The molecule has 2 aliphatic rings. The Labute approximate surface area is 125 Å². The number of pyridine rings is 1. The number of aromatic amines is 1. The van der Waals surface area contributed by atoms with Gasteiger partial charge in [0.2, 0.25) is 0 Å². The highest BCUT2D eigenvalue weighted by Gasteiger charge is 2.31. The van der Waals surface area contributed by atoms with Crippen molar-refractivity contribution >= 4 is 31.6 Å². The van der Waals surface area contributed by atoms with Crippen LogP contribution in [0.4, 0.5) is 0 Å². The Morgan fingerprint density at radius 2 is 2.14 bits per heavy atom. The van der Waals surface area contributed by atoms with E-state index in [1.165, 1.54) is 5.57 Å². The fraction of sp³-hybridized carbons (Fsp3) is 0.400. The summed E-state index contributed by atoms with van der Waals surface area (Å²) in [6, 6.07) is 2.02. The topological polar surface area (TPSA) is 58.1 Å². The average molecular weight is 278 g/mol. The molecular weight excluding hydrogens is 262 g/mol.